The van der Waals surface area contributed by atoms with Crippen molar-refractivity contribution in [3.63, 3.8) is 0 Å². The maximum atomic E-state index is 12.6. The first-order chi connectivity index (χ1) is 14.5. The maximum Gasteiger partial charge on any atom is 0.260 e. The lowest BCUT2D eigenvalue weighted by atomic mass is 9.53. The van der Waals surface area contributed by atoms with Crippen LogP contribution in [0.4, 0.5) is 0 Å². The molecule has 0 N–H and O–H groups in total. The van der Waals surface area contributed by atoms with Gasteiger partial charge >= 0.3 is 0 Å². The number of hydrogen-bond donors (Lipinski definition) is 0. The van der Waals surface area contributed by atoms with Crippen LogP contribution < -0.4 is 4.74 Å². The van der Waals surface area contributed by atoms with Crippen LogP contribution in [-0.2, 0) is 19.3 Å². The van der Waals surface area contributed by atoms with E-state index < -0.39 is 11.6 Å². The second kappa shape index (κ2) is 7.09. The van der Waals surface area contributed by atoms with Crippen molar-refractivity contribution in [1.82, 2.24) is 4.90 Å². The molecule has 0 atom stereocenters. The molecule has 4 aliphatic carbocycles. The number of halogens is 1. The lowest BCUT2D eigenvalue weighted by molar-refractivity contribution is -0.390. The zero-order chi connectivity index (χ0) is 20.3. The van der Waals surface area contributed by atoms with Crippen LogP contribution in [0.2, 0.25) is 5.02 Å². The number of piperidine rings is 1. The Morgan fingerprint density at radius 3 is 2.27 bits per heavy atom. The normalized spacial score (nSPS) is 38.5. The van der Waals surface area contributed by atoms with Crippen LogP contribution in [0.5, 0.6) is 5.75 Å². The number of likely N-dealkylation sites (tertiary alicyclic amines) is 1. The molecular weight excluding hydrogens is 406 g/mol. The average Bonchev–Trinajstić information content (AvgIpc) is 3.11. The van der Waals surface area contributed by atoms with Gasteiger partial charge in [-0.25, -0.2) is 0 Å². The third-order valence-corrected chi connectivity index (χ3v) is 8.25. The van der Waals surface area contributed by atoms with Gasteiger partial charge in [0, 0.05) is 42.8 Å². The molecule has 2 spiro atoms. The van der Waals surface area contributed by atoms with Crippen LogP contribution in [0, 0.1) is 23.7 Å². The highest BCUT2D eigenvalue weighted by molar-refractivity contribution is 6.30. The third-order valence-electron chi connectivity index (χ3n) is 8.00. The summed E-state index contributed by atoms with van der Waals surface area (Å²) in [6, 6.07) is 7.03. The zero-order valence-electron chi connectivity index (χ0n) is 17.1. The predicted molar refractivity (Wildman–Crippen MR) is 109 cm³/mol. The number of rotatable bonds is 3. The lowest BCUT2D eigenvalue weighted by Crippen LogP contribution is -2.59. The fourth-order valence-electron chi connectivity index (χ4n) is 6.66. The Kier molecular flexibility index (Phi) is 4.57. The predicted octanol–water partition coefficient (Wildman–Crippen LogP) is 4.17. The molecule has 7 heteroatoms. The van der Waals surface area contributed by atoms with Gasteiger partial charge in [0.15, 0.2) is 6.61 Å². The zero-order valence-corrected chi connectivity index (χ0v) is 17.8. The second-order valence-corrected chi connectivity index (χ2v) is 10.3. The van der Waals surface area contributed by atoms with Crippen molar-refractivity contribution in [2.24, 2.45) is 23.7 Å². The van der Waals surface area contributed by atoms with Gasteiger partial charge in [-0.15, -0.1) is 0 Å². The first-order valence-electron chi connectivity index (χ1n) is 11.3. The van der Waals surface area contributed by atoms with Crippen molar-refractivity contribution < 1.29 is 24.0 Å². The molecular formula is C23H28ClNO5. The van der Waals surface area contributed by atoms with E-state index >= 15 is 0 Å². The minimum atomic E-state index is -0.705. The number of amides is 1. The summed E-state index contributed by atoms with van der Waals surface area (Å²) >= 11 is 5.88. The van der Waals surface area contributed by atoms with Crippen LogP contribution in [0.15, 0.2) is 24.3 Å². The van der Waals surface area contributed by atoms with Gasteiger partial charge in [-0.05, 0) is 68.2 Å². The second-order valence-electron chi connectivity index (χ2n) is 9.83. The van der Waals surface area contributed by atoms with E-state index in [1.54, 1.807) is 24.3 Å². The molecule has 1 aromatic rings. The van der Waals surface area contributed by atoms with Gasteiger partial charge in [0.25, 0.3) is 5.91 Å². The van der Waals surface area contributed by atoms with Crippen molar-refractivity contribution in [2.75, 3.05) is 19.7 Å². The van der Waals surface area contributed by atoms with Gasteiger partial charge in [-0.1, -0.05) is 11.6 Å². The molecule has 4 bridgehead atoms. The molecule has 0 radical (unpaired) electrons. The standard InChI is InChI=1S/C23H28ClNO5/c24-19-1-3-20(4-2-19)27-14-21(26)25-7-5-22(6-8-25)28-23(30-29-22)17-10-15-9-16(12-17)13-18(23)11-15/h1-4,15-18H,5-14H2. The Balaban J connectivity index is 1.06. The molecule has 162 valence electrons. The molecule has 7 rings (SSSR count). The Hall–Kier alpha value is -1.34. The van der Waals surface area contributed by atoms with Crippen LogP contribution in [-0.4, -0.2) is 42.1 Å². The number of nitrogens with zero attached hydrogens (tertiary/aromatic N) is 1. The molecule has 2 heterocycles. The topological polar surface area (TPSA) is 57.2 Å². The highest BCUT2D eigenvalue weighted by Gasteiger charge is 2.66. The quantitative estimate of drug-likeness (QED) is 0.669. The minimum Gasteiger partial charge on any atom is -0.484 e. The SMILES string of the molecule is O=C(COc1ccc(Cl)cc1)N1CCC2(CC1)OOC1(O2)C2CC3CC(C2)CC1C3. The summed E-state index contributed by atoms with van der Waals surface area (Å²) in [5.74, 6) is 1.98. The Morgan fingerprint density at radius 1 is 1.00 bits per heavy atom. The molecule has 2 saturated heterocycles. The largest absolute Gasteiger partial charge is 0.484 e. The van der Waals surface area contributed by atoms with E-state index in [0.29, 0.717) is 48.5 Å². The summed E-state index contributed by atoms with van der Waals surface area (Å²) in [7, 11) is 0. The van der Waals surface area contributed by atoms with E-state index in [4.69, 9.17) is 30.8 Å². The molecule has 1 aromatic carbocycles. The highest BCUT2D eigenvalue weighted by atomic mass is 35.5. The summed E-state index contributed by atoms with van der Waals surface area (Å²) in [5, 5.41) is 0.644. The summed E-state index contributed by atoms with van der Waals surface area (Å²) < 4.78 is 12.3. The van der Waals surface area contributed by atoms with E-state index in [1.807, 2.05) is 4.90 Å². The van der Waals surface area contributed by atoms with Crippen LogP contribution in [0.25, 0.3) is 0 Å². The van der Waals surface area contributed by atoms with Gasteiger partial charge in [0.2, 0.25) is 11.6 Å². The van der Waals surface area contributed by atoms with E-state index in [2.05, 4.69) is 0 Å². The van der Waals surface area contributed by atoms with Crippen molar-refractivity contribution in [3.8, 4) is 5.75 Å². The van der Waals surface area contributed by atoms with Crippen molar-refractivity contribution in [1.29, 1.82) is 0 Å². The summed E-state index contributed by atoms with van der Waals surface area (Å²) in [5.41, 5.74) is 0. The Bertz CT molecular complexity index is 791. The van der Waals surface area contributed by atoms with E-state index in [0.717, 1.165) is 11.8 Å². The minimum absolute atomic E-state index is 0.0176. The first kappa shape index (κ1) is 19.4. The number of ether oxygens (including phenoxy) is 2. The molecule has 4 saturated carbocycles. The fourth-order valence-corrected chi connectivity index (χ4v) is 6.78. The number of carbonyl (C=O) groups excluding carboxylic acids is 1. The highest BCUT2D eigenvalue weighted by Crippen LogP contribution is 2.63. The fraction of sp³-hybridized carbons (Fsp3) is 0.696. The summed E-state index contributed by atoms with van der Waals surface area (Å²) in [6.45, 7) is 1.19. The number of hydrogen-bond acceptors (Lipinski definition) is 5. The van der Waals surface area contributed by atoms with E-state index in [-0.39, 0.29) is 12.5 Å². The number of carbonyl (C=O) groups is 1. The Morgan fingerprint density at radius 2 is 1.63 bits per heavy atom. The monoisotopic (exact) mass is 433 g/mol. The molecule has 0 aromatic heterocycles. The molecule has 6 nitrogen and oxygen atoms in total. The molecule has 1 amide bonds. The number of benzene rings is 1. The summed E-state index contributed by atoms with van der Waals surface area (Å²) in [4.78, 5) is 26.4. The first-order valence-corrected chi connectivity index (χ1v) is 11.6. The molecule has 6 aliphatic rings. The van der Waals surface area contributed by atoms with Gasteiger partial charge in [0.1, 0.15) is 5.75 Å². The van der Waals surface area contributed by atoms with Gasteiger partial charge < -0.3 is 14.4 Å². The van der Waals surface area contributed by atoms with Crippen LogP contribution >= 0.6 is 11.6 Å². The van der Waals surface area contributed by atoms with Crippen molar-refractivity contribution >= 4 is 17.5 Å². The van der Waals surface area contributed by atoms with Gasteiger partial charge in [-0.3, -0.25) is 4.79 Å². The van der Waals surface area contributed by atoms with Crippen LogP contribution in [0.1, 0.15) is 44.9 Å². The molecule has 0 unspecified atom stereocenters. The summed E-state index contributed by atoms with van der Waals surface area (Å²) in [6.07, 6.45) is 7.49. The molecule has 2 aliphatic heterocycles. The van der Waals surface area contributed by atoms with Crippen molar-refractivity contribution in [2.45, 2.75) is 56.5 Å². The van der Waals surface area contributed by atoms with E-state index in [9.17, 15) is 4.79 Å². The maximum absolute atomic E-state index is 12.6. The molecule has 6 fully saturated rings. The van der Waals surface area contributed by atoms with Gasteiger partial charge in [-0.2, -0.15) is 9.78 Å². The third kappa shape index (κ3) is 3.15. The van der Waals surface area contributed by atoms with Gasteiger partial charge in [0.05, 0.1) is 0 Å². The Labute approximate surface area is 181 Å². The average molecular weight is 434 g/mol. The molecule has 30 heavy (non-hydrogen) atoms. The smallest absolute Gasteiger partial charge is 0.260 e. The van der Waals surface area contributed by atoms with Crippen LogP contribution in [0.3, 0.4) is 0 Å². The lowest BCUT2D eigenvalue weighted by Gasteiger charge is -2.57. The van der Waals surface area contributed by atoms with E-state index in [1.165, 1.54) is 32.1 Å². The van der Waals surface area contributed by atoms with Crippen molar-refractivity contribution in [3.05, 3.63) is 29.3 Å².